The maximum absolute atomic E-state index is 12.6. The molecule has 1 aromatic heterocycles. The molecule has 4 rings (SSSR count). The predicted molar refractivity (Wildman–Crippen MR) is 103 cm³/mol. The second-order valence-corrected chi connectivity index (χ2v) is 7.02. The molecule has 1 aromatic carbocycles. The third-order valence-electron chi connectivity index (χ3n) is 5.20. The van der Waals surface area contributed by atoms with Gasteiger partial charge >= 0.3 is 6.03 Å². The van der Waals surface area contributed by atoms with Gasteiger partial charge in [0.25, 0.3) is 0 Å². The molecule has 0 N–H and O–H groups in total. The zero-order chi connectivity index (χ0) is 19.3. The SMILES string of the molecule is COc1ccc(-c2nc(CN3CCN(C(=O)N4CCOCC4)CC3)co2)cc1. The van der Waals surface area contributed by atoms with Crippen LogP contribution < -0.4 is 4.74 Å². The molecule has 150 valence electrons. The molecular formula is C20H26N4O4. The zero-order valence-electron chi connectivity index (χ0n) is 16.2. The molecule has 3 heterocycles. The van der Waals surface area contributed by atoms with Crippen molar-refractivity contribution in [3.05, 3.63) is 36.2 Å². The lowest BCUT2D eigenvalue weighted by Crippen LogP contribution is -2.54. The second kappa shape index (κ2) is 8.62. The molecular weight excluding hydrogens is 360 g/mol. The number of hydrogen-bond donors (Lipinski definition) is 0. The van der Waals surface area contributed by atoms with Gasteiger partial charge in [-0.3, -0.25) is 4.90 Å². The van der Waals surface area contributed by atoms with Gasteiger partial charge in [-0.25, -0.2) is 9.78 Å². The first-order valence-electron chi connectivity index (χ1n) is 9.66. The van der Waals surface area contributed by atoms with Crippen molar-refractivity contribution in [3.8, 4) is 17.2 Å². The van der Waals surface area contributed by atoms with Crippen LogP contribution in [-0.2, 0) is 11.3 Å². The number of nitrogens with zero attached hydrogens (tertiary/aromatic N) is 4. The summed E-state index contributed by atoms with van der Waals surface area (Å²) in [5.74, 6) is 1.42. The van der Waals surface area contributed by atoms with Crippen LogP contribution in [0.4, 0.5) is 4.79 Å². The molecule has 0 radical (unpaired) electrons. The van der Waals surface area contributed by atoms with E-state index in [1.807, 2.05) is 34.1 Å². The monoisotopic (exact) mass is 386 g/mol. The maximum Gasteiger partial charge on any atom is 0.320 e. The van der Waals surface area contributed by atoms with Crippen LogP contribution >= 0.6 is 0 Å². The van der Waals surface area contributed by atoms with Crippen LogP contribution in [0.2, 0.25) is 0 Å². The van der Waals surface area contributed by atoms with Crippen LogP contribution in [-0.4, -0.2) is 85.3 Å². The summed E-state index contributed by atoms with van der Waals surface area (Å²) in [6, 6.07) is 7.79. The molecule has 0 atom stereocenters. The molecule has 8 heteroatoms. The fourth-order valence-electron chi connectivity index (χ4n) is 3.53. The number of oxazole rings is 1. The summed E-state index contributed by atoms with van der Waals surface area (Å²) in [5, 5.41) is 0. The third kappa shape index (κ3) is 4.28. The largest absolute Gasteiger partial charge is 0.497 e. The Bertz CT molecular complexity index is 778. The predicted octanol–water partition coefficient (Wildman–Crippen LogP) is 1.92. The van der Waals surface area contributed by atoms with E-state index in [4.69, 9.17) is 13.9 Å². The Morgan fingerprint density at radius 2 is 1.71 bits per heavy atom. The Kier molecular flexibility index (Phi) is 5.78. The first kappa shape index (κ1) is 18.8. The van der Waals surface area contributed by atoms with Gasteiger partial charge in [0, 0.05) is 51.4 Å². The van der Waals surface area contributed by atoms with Crippen molar-refractivity contribution >= 4 is 6.03 Å². The number of aromatic nitrogens is 1. The first-order valence-corrected chi connectivity index (χ1v) is 9.66. The summed E-state index contributed by atoms with van der Waals surface area (Å²) >= 11 is 0. The second-order valence-electron chi connectivity index (χ2n) is 7.02. The number of carbonyl (C=O) groups excluding carboxylic acids is 1. The van der Waals surface area contributed by atoms with Crippen molar-refractivity contribution in [3.63, 3.8) is 0 Å². The van der Waals surface area contributed by atoms with E-state index in [-0.39, 0.29) is 6.03 Å². The van der Waals surface area contributed by atoms with E-state index >= 15 is 0 Å². The van der Waals surface area contributed by atoms with E-state index in [0.29, 0.717) is 32.2 Å². The number of benzene rings is 1. The number of hydrogen-bond acceptors (Lipinski definition) is 6. The van der Waals surface area contributed by atoms with Gasteiger partial charge in [-0.2, -0.15) is 0 Å². The summed E-state index contributed by atoms with van der Waals surface area (Å²) in [7, 11) is 1.65. The van der Waals surface area contributed by atoms with Crippen molar-refractivity contribution in [1.29, 1.82) is 0 Å². The smallest absolute Gasteiger partial charge is 0.320 e. The maximum atomic E-state index is 12.6. The third-order valence-corrected chi connectivity index (χ3v) is 5.20. The molecule has 0 bridgehead atoms. The highest BCUT2D eigenvalue weighted by Crippen LogP contribution is 2.22. The van der Waals surface area contributed by atoms with Gasteiger partial charge in [-0.15, -0.1) is 0 Å². The number of ether oxygens (including phenoxy) is 2. The van der Waals surface area contributed by atoms with E-state index in [1.165, 1.54) is 0 Å². The van der Waals surface area contributed by atoms with Crippen molar-refractivity contribution in [2.75, 3.05) is 59.6 Å². The Morgan fingerprint density at radius 3 is 2.39 bits per heavy atom. The average molecular weight is 386 g/mol. The summed E-state index contributed by atoms with van der Waals surface area (Å²) in [5.41, 5.74) is 1.83. The number of carbonyl (C=O) groups is 1. The summed E-state index contributed by atoms with van der Waals surface area (Å²) in [6.07, 6.45) is 1.71. The molecule has 8 nitrogen and oxygen atoms in total. The number of amides is 2. The van der Waals surface area contributed by atoms with Crippen molar-refractivity contribution < 1.29 is 18.7 Å². The van der Waals surface area contributed by atoms with Crippen LogP contribution in [0.25, 0.3) is 11.5 Å². The Balaban J connectivity index is 1.29. The van der Waals surface area contributed by atoms with Crippen molar-refractivity contribution in [2.24, 2.45) is 0 Å². The lowest BCUT2D eigenvalue weighted by Gasteiger charge is -2.38. The molecule has 0 aliphatic carbocycles. The highest BCUT2D eigenvalue weighted by Gasteiger charge is 2.26. The summed E-state index contributed by atoms with van der Waals surface area (Å²) in [6.45, 7) is 6.50. The quantitative estimate of drug-likeness (QED) is 0.800. The molecule has 2 aliphatic rings. The van der Waals surface area contributed by atoms with Crippen LogP contribution in [0.3, 0.4) is 0 Å². The van der Waals surface area contributed by atoms with E-state index in [2.05, 4.69) is 9.88 Å². The fourth-order valence-corrected chi connectivity index (χ4v) is 3.53. The van der Waals surface area contributed by atoms with Crippen LogP contribution in [0.5, 0.6) is 5.75 Å². The lowest BCUT2D eigenvalue weighted by molar-refractivity contribution is 0.0372. The van der Waals surface area contributed by atoms with E-state index in [9.17, 15) is 4.79 Å². The van der Waals surface area contributed by atoms with Gasteiger partial charge in [0.2, 0.25) is 5.89 Å². The highest BCUT2D eigenvalue weighted by molar-refractivity contribution is 5.74. The number of rotatable bonds is 4. The first-order chi connectivity index (χ1) is 13.7. The fraction of sp³-hybridized carbons (Fsp3) is 0.500. The Hall–Kier alpha value is -2.58. The van der Waals surface area contributed by atoms with Gasteiger partial charge in [0.1, 0.15) is 12.0 Å². The molecule has 2 fully saturated rings. The molecule has 28 heavy (non-hydrogen) atoms. The van der Waals surface area contributed by atoms with E-state index in [0.717, 1.165) is 49.7 Å². The molecule has 2 aliphatic heterocycles. The summed E-state index contributed by atoms with van der Waals surface area (Å²) < 4.78 is 16.1. The molecule has 0 unspecified atom stereocenters. The average Bonchev–Trinajstić information content (AvgIpc) is 3.23. The minimum atomic E-state index is 0.131. The molecule has 2 amide bonds. The molecule has 2 aromatic rings. The van der Waals surface area contributed by atoms with Gasteiger partial charge in [-0.1, -0.05) is 0 Å². The topological polar surface area (TPSA) is 71.3 Å². The summed E-state index contributed by atoms with van der Waals surface area (Å²) in [4.78, 5) is 23.3. The number of methoxy groups -OCH3 is 1. The molecule has 0 saturated carbocycles. The normalized spacial score (nSPS) is 18.3. The number of piperazine rings is 1. The van der Waals surface area contributed by atoms with Crippen molar-refractivity contribution in [1.82, 2.24) is 19.7 Å². The van der Waals surface area contributed by atoms with Crippen molar-refractivity contribution in [2.45, 2.75) is 6.54 Å². The molecule has 2 saturated heterocycles. The lowest BCUT2D eigenvalue weighted by atomic mass is 10.2. The van der Waals surface area contributed by atoms with Gasteiger partial charge in [0.15, 0.2) is 0 Å². The highest BCUT2D eigenvalue weighted by atomic mass is 16.5. The van der Waals surface area contributed by atoms with Gasteiger partial charge < -0.3 is 23.7 Å². The minimum absolute atomic E-state index is 0.131. The number of urea groups is 1. The standard InChI is InChI=1S/C20H26N4O4/c1-26-18-4-2-16(3-5-18)19-21-17(15-28-19)14-22-6-8-23(9-7-22)20(25)24-10-12-27-13-11-24/h2-5,15H,6-14H2,1H3. The van der Waals surface area contributed by atoms with E-state index < -0.39 is 0 Å². The van der Waals surface area contributed by atoms with Crippen LogP contribution in [0.1, 0.15) is 5.69 Å². The van der Waals surface area contributed by atoms with Crippen LogP contribution in [0.15, 0.2) is 34.9 Å². The van der Waals surface area contributed by atoms with Gasteiger partial charge in [-0.05, 0) is 24.3 Å². The zero-order valence-corrected chi connectivity index (χ0v) is 16.2. The van der Waals surface area contributed by atoms with E-state index in [1.54, 1.807) is 13.4 Å². The van der Waals surface area contributed by atoms with Gasteiger partial charge in [0.05, 0.1) is 26.0 Å². The van der Waals surface area contributed by atoms with Crippen LogP contribution in [0, 0.1) is 0 Å². The minimum Gasteiger partial charge on any atom is -0.497 e. The Morgan fingerprint density at radius 1 is 1.04 bits per heavy atom. The Labute approximate surface area is 164 Å². The number of morpholine rings is 1. The molecule has 0 spiro atoms.